The van der Waals surface area contributed by atoms with E-state index in [1.165, 1.54) is 31.2 Å². The van der Waals surface area contributed by atoms with Gasteiger partial charge in [0.25, 0.3) is 5.95 Å². The summed E-state index contributed by atoms with van der Waals surface area (Å²) in [5.74, 6) is 2.15. The number of hydrazone groups is 1. The van der Waals surface area contributed by atoms with Gasteiger partial charge in [0.15, 0.2) is 5.65 Å². The molecule has 3 aromatic rings. The van der Waals surface area contributed by atoms with Crippen LogP contribution in [0.15, 0.2) is 34.9 Å². The molecule has 5 rings (SSSR count). The molecule has 0 saturated heterocycles. The lowest BCUT2D eigenvalue weighted by atomic mass is 9.59. The number of aromatic amines is 1. The zero-order chi connectivity index (χ0) is 20.9. The zero-order valence-corrected chi connectivity index (χ0v) is 18.2. The SMILES string of the molecule is Cc1ccc2[nH]c3nc(NN=C[C@@H]4C[C@H]5C(=CCCC5(C)C)C[C@H]4C)nnc3c2c1. The number of H-pyrrole nitrogens is 1. The summed E-state index contributed by atoms with van der Waals surface area (Å²) in [4.78, 5) is 7.89. The summed E-state index contributed by atoms with van der Waals surface area (Å²) in [6.45, 7) is 9.25. The molecule has 3 atom stereocenters. The number of nitrogens with zero attached hydrogens (tertiary/aromatic N) is 4. The molecule has 2 N–H and O–H groups in total. The lowest BCUT2D eigenvalue weighted by molar-refractivity contribution is 0.149. The molecule has 0 radical (unpaired) electrons. The van der Waals surface area contributed by atoms with Crippen molar-refractivity contribution < 1.29 is 0 Å². The fourth-order valence-electron chi connectivity index (χ4n) is 5.30. The third kappa shape index (κ3) is 3.38. The fourth-order valence-corrected chi connectivity index (χ4v) is 5.30. The molecule has 0 spiro atoms. The summed E-state index contributed by atoms with van der Waals surface area (Å²) in [5.41, 5.74) is 8.80. The van der Waals surface area contributed by atoms with Crippen LogP contribution in [0.1, 0.15) is 52.0 Å². The molecule has 2 aromatic heterocycles. The van der Waals surface area contributed by atoms with Gasteiger partial charge < -0.3 is 4.98 Å². The maximum atomic E-state index is 4.57. The van der Waals surface area contributed by atoms with Crippen molar-refractivity contribution in [2.24, 2.45) is 28.3 Å². The minimum absolute atomic E-state index is 0.385. The van der Waals surface area contributed by atoms with Gasteiger partial charge in [-0.2, -0.15) is 10.1 Å². The lowest BCUT2D eigenvalue weighted by Crippen LogP contribution is -2.36. The summed E-state index contributed by atoms with van der Waals surface area (Å²) >= 11 is 0. The Labute approximate surface area is 177 Å². The third-order valence-corrected chi connectivity index (χ3v) is 7.18. The van der Waals surface area contributed by atoms with Gasteiger partial charge in [0.2, 0.25) is 0 Å². The van der Waals surface area contributed by atoms with Crippen molar-refractivity contribution in [3.05, 3.63) is 35.4 Å². The van der Waals surface area contributed by atoms with Crippen LogP contribution in [0.25, 0.3) is 22.1 Å². The van der Waals surface area contributed by atoms with E-state index in [1.807, 2.05) is 0 Å². The van der Waals surface area contributed by atoms with Gasteiger partial charge in [-0.3, -0.25) is 0 Å². The molecule has 6 heteroatoms. The largest absolute Gasteiger partial charge is 0.338 e. The zero-order valence-electron chi connectivity index (χ0n) is 18.2. The first-order valence-electron chi connectivity index (χ1n) is 11.0. The number of aromatic nitrogens is 4. The van der Waals surface area contributed by atoms with Crippen molar-refractivity contribution in [1.29, 1.82) is 0 Å². The average Bonchev–Trinajstić information content (AvgIpc) is 3.05. The molecule has 2 aliphatic rings. The Hall–Kier alpha value is -2.76. The van der Waals surface area contributed by atoms with E-state index in [2.05, 4.69) is 88.9 Å². The van der Waals surface area contributed by atoms with Crippen LogP contribution in [0.4, 0.5) is 5.95 Å². The number of nitrogens with one attached hydrogen (secondary N) is 2. The van der Waals surface area contributed by atoms with Gasteiger partial charge in [-0.1, -0.05) is 44.1 Å². The highest BCUT2D eigenvalue weighted by molar-refractivity contribution is 6.03. The number of hydrogen-bond acceptors (Lipinski definition) is 5. The molecule has 156 valence electrons. The first kappa shape index (κ1) is 19.2. The van der Waals surface area contributed by atoms with Crippen LogP contribution >= 0.6 is 0 Å². The Morgan fingerprint density at radius 2 is 2.13 bits per heavy atom. The minimum Gasteiger partial charge on any atom is -0.338 e. The number of fused-ring (bicyclic) bond motifs is 4. The molecular weight excluding hydrogens is 372 g/mol. The van der Waals surface area contributed by atoms with E-state index < -0.39 is 0 Å². The second-order valence-corrected chi connectivity index (χ2v) is 9.84. The number of benzene rings is 1. The molecule has 6 nitrogen and oxygen atoms in total. The van der Waals surface area contributed by atoms with Gasteiger partial charge in [-0.15, -0.1) is 10.2 Å². The van der Waals surface area contributed by atoms with Crippen LogP contribution in [0.3, 0.4) is 0 Å². The summed E-state index contributed by atoms with van der Waals surface area (Å²) in [6, 6.07) is 6.24. The van der Waals surface area contributed by atoms with E-state index in [4.69, 9.17) is 0 Å². The standard InChI is InChI=1S/C24H30N6/c1-14-7-8-20-18(10-14)21-22(26-20)27-23(30-28-21)29-25-13-17-12-19-16(11-15(17)2)6-5-9-24(19,3)4/h6-8,10,13,15,17,19H,5,9,11-12H2,1-4H3,(H2,26,27,29,30)/t15-,17+,19+/m1/s1. The maximum absolute atomic E-state index is 4.57. The van der Waals surface area contributed by atoms with Crippen molar-refractivity contribution in [2.45, 2.75) is 53.4 Å². The van der Waals surface area contributed by atoms with Crippen LogP contribution < -0.4 is 5.43 Å². The van der Waals surface area contributed by atoms with Crippen LogP contribution in [0, 0.1) is 30.1 Å². The van der Waals surface area contributed by atoms with Crippen molar-refractivity contribution in [1.82, 2.24) is 20.2 Å². The fraction of sp³-hybridized carbons (Fsp3) is 0.500. The highest BCUT2D eigenvalue weighted by Gasteiger charge is 2.40. The van der Waals surface area contributed by atoms with E-state index in [1.54, 1.807) is 5.57 Å². The van der Waals surface area contributed by atoms with Crippen molar-refractivity contribution in [3.63, 3.8) is 0 Å². The summed E-state index contributed by atoms with van der Waals surface area (Å²) in [6.07, 6.45) is 9.42. The van der Waals surface area contributed by atoms with Gasteiger partial charge in [0.1, 0.15) is 5.52 Å². The summed E-state index contributed by atoms with van der Waals surface area (Å²) in [7, 11) is 0. The molecule has 2 aliphatic carbocycles. The highest BCUT2D eigenvalue weighted by Crippen LogP contribution is 2.50. The van der Waals surface area contributed by atoms with Gasteiger partial charge in [-0.05, 0) is 67.9 Å². The smallest absolute Gasteiger partial charge is 0.265 e. The van der Waals surface area contributed by atoms with E-state index in [0.717, 1.165) is 22.1 Å². The number of rotatable bonds is 3. The minimum atomic E-state index is 0.385. The van der Waals surface area contributed by atoms with E-state index in [9.17, 15) is 0 Å². The molecule has 0 bridgehead atoms. The van der Waals surface area contributed by atoms with Crippen molar-refractivity contribution in [2.75, 3.05) is 5.43 Å². The predicted octanol–water partition coefficient (Wildman–Crippen LogP) is 5.62. The lowest BCUT2D eigenvalue weighted by Gasteiger charge is -2.46. The number of aryl methyl sites for hydroxylation is 1. The van der Waals surface area contributed by atoms with Crippen molar-refractivity contribution in [3.8, 4) is 0 Å². The molecule has 1 fully saturated rings. The molecule has 0 amide bonds. The second kappa shape index (κ2) is 7.18. The topological polar surface area (TPSA) is 78.9 Å². The molecule has 1 saturated carbocycles. The van der Waals surface area contributed by atoms with Gasteiger partial charge >= 0.3 is 0 Å². The van der Waals surface area contributed by atoms with Crippen LogP contribution in [0.5, 0.6) is 0 Å². The molecular formula is C24H30N6. The first-order valence-corrected chi connectivity index (χ1v) is 11.0. The Morgan fingerprint density at radius 3 is 3.00 bits per heavy atom. The van der Waals surface area contributed by atoms with Crippen molar-refractivity contribution >= 4 is 34.2 Å². The van der Waals surface area contributed by atoms with E-state index in [0.29, 0.717) is 29.1 Å². The Morgan fingerprint density at radius 1 is 1.27 bits per heavy atom. The maximum Gasteiger partial charge on any atom is 0.265 e. The molecule has 0 unspecified atom stereocenters. The molecule has 0 aliphatic heterocycles. The number of hydrogen-bond donors (Lipinski definition) is 2. The Kier molecular flexibility index (Phi) is 4.60. The third-order valence-electron chi connectivity index (χ3n) is 7.18. The second-order valence-electron chi connectivity index (χ2n) is 9.84. The quantitative estimate of drug-likeness (QED) is 0.338. The first-order chi connectivity index (χ1) is 14.4. The van der Waals surface area contributed by atoms with Crippen LogP contribution in [0.2, 0.25) is 0 Å². The molecule has 30 heavy (non-hydrogen) atoms. The van der Waals surface area contributed by atoms with Crippen LogP contribution in [-0.2, 0) is 0 Å². The Bertz CT molecular complexity index is 1160. The summed E-state index contributed by atoms with van der Waals surface area (Å²) in [5, 5.41) is 14.2. The molecule has 2 heterocycles. The number of anilines is 1. The Balaban J connectivity index is 1.33. The van der Waals surface area contributed by atoms with Crippen LogP contribution in [-0.4, -0.2) is 26.4 Å². The summed E-state index contributed by atoms with van der Waals surface area (Å²) < 4.78 is 0. The average molecular weight is 403 g/mol. The van der Waals surface area contributed by atoms with Gasteiger partial charge in [0, 0.05) is 17.1 Å². The molecule has 1 aromatic carbocycles. The predicted molar refractivity (Wildman–Crippen MR) is 123 cm³/mol. The van der Waals surface area contributed by atoms with Gasteiger partial charge in [0.05, 0.1) is 0 Å². The van der Waals surface area contributed by atoms with E-state index >= 15 is 0 Å². The highest BCUT2D eigenvalue weighted by atomic mass is 15.4. The number of allylic oxidation sites excluding steroid dienone is 2. The normalized spacial score (nSPS) is 26.1. The van der Waals surface area contributed by atoms with E-state index in [-0.39, 0.29) is 0 Å². The monoisotopic (exact) mass is 402 g/mol. The van der Waals surface area contributed by atoms with Gasteiger partial charge in [-0.25, -0.2) is 5.43 Å².